The molecule has 0 aliphatic carbocycles. The van der Waals surface area contributed by atoms with Crippen molar-refractivity contribution in [2.24, 2.45) is 0 Å². The molecule has 0 saturated heterocycles. The highest BCUT2D eigenvalue weighted by Crippen LogP contribution is 2.23. The maximum atomic E-state index is 12.3. The highest BCUT2D eigenvalue weighted by Gasteiger charge is 2.10. The maximum Gasteiger partial charge on any atom is 0.273 e. The third-order valence-electron chi connectivity index (χ3n) is 3.69. The zero-order valence-electron chi connectivity index (χ0n) is 10.5. The van der Waals surface area contributed by atoms with E-state index in [1.165, 1.54) is 0 Å². The Morgan fingerprint density at radius 2 is 1.89 bits per heavy atom. The van der Waals surface area contributed by atoms with Crippen molar-refractivity contribution in [3.8, 4) is 0 Å². The fourth-order valence-electron chi connectivity index (χ4n) is 2.77. The summed E-state index contributed by atoms with van der Waals surface area (Å²) >= 11 is 0. The molecule has 0 aliphatic rings. The van der Waals surface area contributed by atoms with E-state index in [0.717, 1.165) is 27.4 Å². The fourth-order valence-corrected chi connectivity index (χ4v) is 2.77. The van der Waals surface area contributed by atoms with Crippen LogP contribution in [0.4, 0.5) is 0 Å². The van der Waals surface area contributed by atoms with Gasteiger partial charge in [0.15, 0.2) is 0 Å². The molecule has 0 saturated carbocycles. The van der Waals surface area contributed by atoms with Crippen LogP contribution < -0.4 is 5.56 Å². The van der Waals surface area contributed by atoms with Crippen LogP contribution in [0.5, 0.6) is 0 Å². The number of rotatable bonds is 0. The van der Waals surface area contributed by atoms with Crippen LogP contribution >= 0.6 is 0 Å². The number of nitrogens with zero attached hydrogens (tertiary/aromatic N) is 1. The Kier molecular flexibility index (Phi) is 1.90. The summed E-state index contributed by atoms with van der Waals surface area (Å²) in [6.07, 6.45) is 2.03. The molecule has 0 radical (unpaired) electrons. The Hall–Kier alpha value is -2.55. The van der Waals surface area contributed by atoms with Gasteiger partial charge >= 0.3 is 0 Å². The van der Waals surface area contributed by atoms with Crippen molar-refractivity contribution in [1.29, 1.82) is 0 Å². The third-order valence-corrected chi connectivity index (χ3v) is 3.69. The predicted octanol–water partition coefficient (Wildman–Crippen LogP) is 3.24. The summed E-state index contributed by atoms with van der Waals surface area (Å²) in [5.41, 5.74) is 3.69. The van der Waals surface area contributed by atoms with Gasteiger partial charge in [0.1, 0.15) is 5.52 Å². The van der Waals surface area contributed by atoms with Crippen molar-refractivity contribution >= 4 is 27.3 Å². The number of aryl methyl sites for hydroxylation is 1. The number of hydrogen-bond donors (Lipinski definition) is 1. The van der Waals surface area contributed by atoms with E-state index in [0.29, 0.717) is 5.52 Å². The quantitative estimate of drug-likeness (QED) is 0.509. The summed E-state index contributed by atoms with van der Waals surface area (Å²) in [6.45, 7) is 2.01. The second-order valence-electron chi connectivity index (χ2n) is 4.86. The first-order valence-electron chi connectivity index (χ1n) is 6.27. The molecule has 0 unspecified atom stereocenters. The Labute approximate surface area is 109 Å². The summed E-state index contributed by atoms with van der Waals surface area (Å²) in [7, 11) is 0. The van der Waals surface area contributed by atoms with Crippen molar-refractivity contribution < 1.29 is 0 Å². The molecule has 3 nitrogen and oxygen atoms in total. The molecule has 2 aromatic carbocycles. The van der Waals surface area contributed by atoms with Crippen LogP contribution in [0.2, 0.25) is 0 Å². The van der Waals surface area contributed by atoms with Crippen LogP contribution in [-0.2, 0) is 0 Å². The number of nitrogens with one attached hydrogen (secondary N) is 1. The van der Waals surface area contributed by atoms with Gasteiger partial charge in [-0.25, -0.2) is 0 Å². The molecule has 1 N–H and O–H groups in total. The van der Waals surface area contributed by atoms with Gasteiger partial charge in [0, 0.05) is 17.0 Å². The molecule has 0 spiro atoms. The summed E-state index contributed by atoms with van der Waals surface area (Å²) < 4.78 is 1.99. The van der Waals surface area contributed by atoms with Crippen molar-refractivity contribution in [3.63, 3.8) is 0 Å². The van der Waals surface area contributed by atoms with E-state index in [4.69, 9.17) is 0 Å². The number of para-hydroxylation sites is 1. The first-order chi connectivity index (χ1) is 9.25. The number of fused-ring (bicyclic) bond motifs is 5. The van der Waals surface area contributed by atoms with E-state index in [2.05, 4.69) is 4.98 Å². The van der Waals surface area contributed by atoms with Crippen LogP contribution in [0.15, 0.2) is 53.5 Å². The predicted molar refractivity (Wildman–Crippen MR) is 77.8 cm³/mol. The molecule has 0 amide bonds. The SMILES string of the molecule is Cc1cccc2c1[nH]c(=O)c1c3ccccc3cn21. The monoisotopic (exact) mass is 248 g/mol. The van der Waals surface area contributed by atoms with Gasteiger partial charge < -0.3 is 9.38 Å². The lowest BCUT2D eigenvalue weighted by atomic mass is 10.2. The molecule has 0 atom stereocenters. The molecular weight excluding hydrogens is 236 g/mol. The number of hydrogen-bond acceptors (Lipinski definition) is 1. The lowest BCUT2D eigenvalue weighted by Gasteiger charge is -2.04. The van der Waals surface area contributed by atoms with E-state index in [-0.39, 0.29) is 5.56 Å². The molecule has 4 rings (SSSR count). The van der Waals surface area contributed by atoms with E-state index in [1.54, 1.807) is 0 Å². The summed E-state index contributed by atoms with van der Waals surface area (Å²) in [5, 5.41) is 2.08. The molecule has 0 fully saturated rings. The summed E-state index contributed by atoms with van der Waals surface area (Å²) in [5.74, 6) is 0. The van der Waals surface area contributed by atoms with Gasteiger partial charge in [-0.3, -0.25) is 4.79 Å². The van der Waals surface area contributed by atoms with E-state index in [1.807, 2.05) is 60.0 Å². The van der Waals surface area contributed by atoms with Crippen molar-refractivity contribution in [2.75, 3.05) is 0 Å². The standard InChI is InChI=1S/C16H12N2O/c1-10-5-4-8-13-14(10)17-16(19)15-12-7-3-2-6-11(12)9-18(13)15/h2-9H,1H3,(H,17,19). The van der Waals surface area contributed by atoms with Crippen molar-refractivity contribution in [2.45, 2.75) is 6.92 Å². The molecule has 0 aliphatic heterocycles. The average Bonchev–Trinajstić information content (AvgIpc) is 2.80. The second kappa shape index (κ2) is 3.48. The summed E-state index contributed by atoms with van der Waals surface area (Å²) in [6, 6.07) is 14.0. The molecule has 2 heterocycles. The molecule has 0 bridgehead atoms. The normalized spacial score (nSPS) is 11.6. The minimum absolute atomic E-state index is 0.0389. The molecule has 3 heteroatoms. The number of benzene rings is 2. The second-order valence-corrected chi connectivity index (χ2v) is 4.86. The van der Waals surface area contributed by atoms with Gasteiger partial charge in [0.2, 0.25) is 0 Å². The first-order valence-corrected chi connectivity index (χ1v) is 6.27. The zero-order valence-corrected chi connectivity index (χ0v) is 10.5. The topological polar surface area (TPSA) is 37.3 Å². The van der Waals surface area contributed by atoms with Crippen molar-refractivity contribution in [3.05, 3.63) is 64.6 Å². The smallest absolute Gasteiger partial charge is 0.273 e. The van der Waals surface area contributed by atoms with Gasteiger partial charge in [0.25, 0.3) is 5.56 Å². The largest absolute Gasteiger partial charge is 0.319 e. The number of H-pyrrole nitrogens is 1. The zero-order chi connectivity index (χ0) is 13.0. The van der Waals surface area contributed by atoms with Gasteiger partial charge in [0.05, 0.1) is 11.0 Å². The third kappa shape index (κ3) is 1.30. The van der Waals surface area contributed by atoms with Crippen LogP contribution in [-0.4, -0.2) is 9.38 Å². The fraction of sp³-hybridized carbons (Fsp3) is 0.0625. The van der Waals surface area contributed by atoms with E-state index < -0.39 is 0 Å². The van der Waals surface area contributed by atoms with Crippen LogP contribution in [0.1, 0.15) is 5.56 Å². The number of aromatic nitrogens is 2. The van der Waals surface area contributed by atoms with Gasteiger partial charge in [-0.15, -0.1) is 0 Å². The average molecular weight is 248 g/mol. The summed E-state index contributed by atoms with van der Waals surface area (Å²) in [4.78, 5) is 15.3. The lowest BCUT2D eigenvalue weighted by molar-refractivity contribution is 1.18. The van der Waals surface area contributed by atoms with Crippen molar-refractivity contribution in [1.82, 2.24) is 9.38 Å². The molecular formula is C16H12N2O. The molecule has 19 heavy (non-hydrogen) atoms. The van der Waals surface area contributed by atoms with Gasteiger partial charge in [-0.05, 0) is 18.6 Å². The Morgan fingerprint density at radius 3 is 2.79 bits per heavy atom. The maximum absolute atomic E-state index is 12.3. The van der Waals surface area contributed by atoms with Crippen LogP contribution in [0, 0.1) is 6.92 Å². The molecule has 2 aromatic heterocycles. The Morgan fingerprint density at radius 1 is 1.05 bits per heavy atom. The molecule has 4 aromatic rings. The Bertz CT molecular complexity index is 992. The minimum atomic E-state index is -0.0389. The van der Waals surface area contributed by atoms with E-state index >= 15 is 0 Å². The van der Waals surface area contributed by atoms with Crippen LogP contribution in [0.3, 0.4) is 0 Å². The minimum Gasteiger partial charge on any atom is -0.319 e. The Balaban J connectivity index is 2.41. The van der Waals surface area contributed by atoms with Gasteiger partial charge in [-0.1, -0.05) is 36.4 Å². The van der Waals surface area contributed by atoms with Crippen LogP contribution in [0.25, 0.3) is 27.3 Å². The number of aromatic amines is 1. The molecule has 92 valence electrons. The lowest BCUT2D eigenvalue weighted by Crippen LogP contribution is -2.10. The highest BCUT2D eigenvalue weighted by atomic mass is 16.1. The van der Waals surface area contributed by atoms with E-state index in [9.17, 15) is 4.79 Å². The first kappa shape index (κ1) is 10.4. The highest BCUT2D eigenvalue weighted by molar-refractivity contribution is 5.99. The van der Waals surface area contributed by atoms with Gasteiger partial charge in [-0.2, -0.15) is 0 Å².